The van der Waals surface area contributed by atoms with Crippen LogP contribution in [0.25, 0.3) is 0 Å². The van der Waals surface area contributed by atoms with Gasteiger partial charge in [-0.15, -0.1) is 0 Å². The molecule has 0 aliphatic carbocycles. The quantitative estimate of drug-likeness (QED) is 0.807. The van der Waals surface area contributed by atoms with Crippen molar-refractivity contribution in [2.24, 2.45) is 0 Å². The predicted octanol–water partition coefficient (Wildman–Crippen LogP) is 2.75. The number of hydrogen-bond donors (Lipinski definition) is 2. The Kier molecular flexibility index (Phi) is 6.72. The van der Waals surface area contributed by atoms with E-state index in [-0.39, 0.29) is 37.4 Å². The van der Waals surface area contributed by atoms with Crippen LogP contribution in [0.2, 0.25) is 5.02 Å². The molecule has 0 fully saturated rings. The second kappa shape index (κ2) is 9.00. The molecule has 5 nitrogen and oxygen atoms in total. The van der Waals surface area contributed by atoms with Gasteiger partial charge in [0.1, 0.15) is 19.0 Å². The van der Waals surface area contributed by atoms with Crippen LogP contribution in [0.3, 0.4) is 0 Å². The van der Waals surface area contributed by atoms with Crippen LogP contribution in [0, 0.1) is 5.82 Å². The van der Waals surface area contributed by atoms with Crippen LogP contribution in [0.5, 0.6) is 0 Å². The minimum Gasteiger partial charge on any atom is -0.362 e. The fraction of sp³-hybridized carbons (Fsp3) is 0.176. The Morgan fingerprint density at radius 3 is 2.25 bits per heavy atom. The van der Waals surface area contributed by atoms with Gasteiger partial charge in [0.25, 0.3) is 0 Å². The van der Waals surface area contributed by atoms with Crippen molar-refractivity contribution in [2.45, 2.75) is 6.54 Å². The van der Waals surface area contributed by atoms with E-state index in [9.17, 15) is 14.0 Å². The van der Waals surface area contributed by atoms with Crippen LogP contribution in [0.4, 0.5) is 10.1 Å². The molecule has 2 N–H and O–H groups in total. The van der Waals surface area contributed by atoms with Crippen molar-refractivity contribution in [3.05, 3.63) is 64.9 Å². The van der Waals surface area contributed by atoms with Crippen molar-refractivity contribution < 1.29 is 18.7 Å². The fourth-order valence-corrected chi connectivity index (χ4v) is 1.95. The number of nitrogens with one attached hydrogen (secondary N) is 2. The third kappa shape index (κ3) is 6.36. The monoisotopic (exact) mass is 350 g/mol. The minimum atomic E-state index is -0.372. The van der Waals surface area contributed by atoms with Crippen molar-refractivity contribution in [1.82, 2.24) is 5.32 Å². The molecule has 0 aliphatic heterocycles. The summed E-state index contributed by atoms with van der Waals surface area (Å²) in [5.41, 5.74) is 1.36. The summed E-state index contributed by atoms with van der Waals surface area (Å²) < 4.78 is 17.8. The van der Waals surface area contributed by atoms with Crippen LogP contribution in [-0.2, 0) is 20.9 Å². The maximum absolute atomic E-state index is 12.8. The number of benzene rings is 2. The van der Waals surface area contributed by atoms with Gasteiger partial charge in [0.05, 0.1) is 0 Å². The summed E-state index contributed by atoms with van der Waals surface area (Å²) >= 11 is 5.75. The zero-order valence-electron chi connectivity index (χ0n) is 12.7. The molecule has 0 saturated carbocycles. The molecule has 0 heterocycles. The molecule has 2 aromatic rings. The third-order valence-corrected chi connectivity index (χ3v) is 3.25. The zero-order chi connectivity index (χ0) is 17.4. The molecule has 0 aliphatic rings. The van der Waals surface area contributed by atoms with E-state index >= 15 is 0 Å². The average Bonchev–Trinajstić information content (AvgIpc) is 2.56. The van der Waals surface area contributed by atoms with E-state index in [4.69, 9.17) is 16.3 Å². The number of rotatable bonds is 7. The lowest BCUT2D eigenvalue weighted by molar-refractivity contribution is -0.128. The molecule has 0 unspecified atom stereocenters. The standard InChI is InChI=1S/C17H16ClFN2O3/c18-13-3-7-15(8-4-13)21-17(23)11-24-10-16(22)20-9-12-1-5-14(19)6-2-12/h1-8H,9-11H2,(H,20,22)(H,21,23). The lowest BCUT2D eigenvalue weighted by Gasteiger charge is -2.07. The zero-order valence-corrected chi connectivity index (χ0v) is 13.5. The van der Waals surface area contributed by atoms with Crippen molar-refractivity contribution in [1.29, 1.82) is 0 Å². The Balaban J connectivity index is 1.63. The molecule has 0 atom stereocenters. The molecular formula is C17H16ClFN2O3. The Bertz CT molecular complexity index is 690. The van der Waals surface area contributed by atoms with E-state index in [0.717, 1.165) is 5.56 Å². The smallest absolute Gasteiger partial charge is 0.250 e. The van der Waals surface area contributed by atoms with E-state index in [1.54, 1.807) is 36.4 Å². The summed E-state index contributed by atoms with van der Waals surface area (Å²) in [7, 11) is 0. The average molecular weight is 351 g/mol. The van der Waals surface area contributed by atoms with Crippen LogP contribution in [0.1, 0.15) is 5.56 Å². The third-order valence-electron chi connectivity index (χ3n) is 3.00. The predicted molar refractivity (Wildman–Crippen MR) is 89.1 cm³/mol. The normalized spacial score (nSPS) is 10.2. The summed E-state index contributed by atoms with van der Waals surface area (Å²) in [4.78, 5) is 23.3. The second-order valence-corrected chi connectivity index (χ2v) is 5.39. The first kappa shape index (κ1) is 17.9. The number of anilines is 1. The molecule has 126 valence electrons. The molecular weight excluding hydrogens is 335 g/mol. The van der Waals surface area contributed by atoms with Gasteiger partial charge in [-0.05, 0) is 42.0 Å². The highest BCUT2D eigenvalue weighted by Gasteiger charge is 2.06. The van der Waals surface area contributed by atoms with E-state index < -0.39 is 0 Å². The molecule has 0 radical (unpaired) electrons. The Hall–Kier alpha value is -2.44. The summed E-state index contributed by atoms with van der Waals surface area (Å²) in [5, 5.41) is 5.80. The highest BCUT2D eigenvalue weighted by molar-refractivity contribution is 6.30. The highest BCUT2D eigenvalue weighted by Crippen LogP contribution is 2.13. The van der Waals surface area contributed by atoms with Crippen molar-refractivity contribution in [3.8, 4) is 0 Å². The maximum atomic E-state index is 12.8. The SMILES string of the molecule is O=C(COCC(=O)Nc1ccc(Cl)cc1)NCc1ccc(F)cc1. The molecule has 2 rings (SSSR count). The largest absolute Gasteiger partial charge is 0.362 e. The Labute approximate surface area is 143 Å². The van der Waals surface area contributed by atoms with E-state index in [2.05, 4.69) is 10.6 Å². The van der Waals surface area contributed by atoms with Crippen molar-refractivity contribution >= 4 is 29.1 Å². The first-order valence-electron chi connectivity index (χ1n) is 7.17. The molecule has 7 heteroatoms. The van der Waals surface area contributed by atoms with Crippen LogP contribution in [0.15, 0.2) is 48.5 Å². The van der Waals surface area contributed by atoms with E-state index in [1.165, 1.54) is 12.1 Å². The van der Waals surface area contributed by atoms with Crippen LogP contribution >= 0.6 is 11.6 Å². The second-order valence-electron chi connectivity index (χ2n) is 4.95. The summed E-state index contributed by atoms with van der Waals surface area (Å²) in [6.45, 7) is -0.221. The maximum Gasteiger partial charge on any atom is 0.250 e. The van der Waals surface area contributed by atoms with Gasteiger partial charge in [-0.25, -0.2) is 4.39 Å². The van der Waals surface area contributed by atoms with E-state index in [0.29, 0.717) is 10.7 Å². The van der Waals surface area contributed by atoms with E-state index in [1.807, 2.05) is 0 Å². The van der Waals surface area contributed by atoms with Gasteiger partial charge in [-0.3, -0.25) is 9.59 Å². The van der Waals surface area contributed by atoms with Crippen molar-refractivity contribution in [2.75, 3.05) is 18.5 Å². The summed E-state index contributed by atoms with van der Waals surface area (Å²) in [6, 6.07) is 12.4. The van der Waals surface area contributed by atoms with Crippen LogP contribution < -0.4 is 10.6 Å². The van der Waals surface area contributed by atoms with Crippen molar-refractivity contribution in [3.63, 3.8) is 0 Å². The van der Waals surface area contributed by atoms with Gasteiger partial charge in [-0.1, -0.05) is 23.7 Å². The number of carbonyl (C=O) groups is 2. The van der Waals surface area contributed by atoms with Gasteiger partial charge in [0, 0.05) is 17.3 Å². The molecule has 24 heavy (non-hydrogen) atoms. The minimum absolute atomic E-state index is 0.241. The molecule has 0 aromatic heterocycles. The topological polar surface area (TPSA) is 67.4 Å². The fourth-order valence-electron chi connectivity index (χ4n) is 1.82. The molecule has 0 saturated heterocycles. The van der Waals surface area contributed by atoms with Gasteiger partial charge < -0.3 is 15.4 Å². The number of amides is 2. The lowest BCUT2D eigenvalue weighted by Crippen LogP contribution is -2.29. The molecule has 0 bridgehead atoms. The number of halogens is 2. The van der Waals surface area contributed by atoms with Gasteiger partial charge in [0.2, 0.25) is 11.8 Å². The Morgan fingerprint density at radius 1 is 0.958 bits per heavy atom. The van der Waals surface area contributed by atoms with Gasteiger partial charge >= 0.3 is 0 Å². The number of ether oxygens (including phenoxy) is 1. The first-order chi connectivity index (χ1) is 11.5. The number of carbonyl (C=O) groups excluding carboxylic acids is 2. The molecule has 0 spiro atoms. The molecule has 2 amide bonds. The van der Waals surface area contributed by atoms with Crippen LogP contribution in [-0.4, -0.2) is 25.0 Å². The highest BCUT2D eigenvalue weighted by atomic mass is 35.5. The van der Waals surface area contributed by atoms with Gasteiger partial charge in [0.15, 0.2) is 0 Å². The first-order valence-corrected chi connectivity index (χ1v) is 7.55. The Morgan fingerprint density at radius 2 is 1.58 bits per heavy atom. The summed E-state index contributed by atoms with van der Waals surface area (Å²) in [5.74, 6) is -1.07. The molecule has 2 aromatic carbocycles. The lowest BCUT2D eigenvalue weighted by atomic mass is 10.2. The number of hydrogen-bond acceptors (Lipinski definition) is 3. The van der Waals surface area contributed by atoms with Gasteiger partial charge in [-0.2, -0.15) is 0 Å². The summed E-state index contributed by atoms with van der Waals surface area (Å²) in [6.07, 6.45) is 0.